The highest BCUT2D eigenvalue weighted by Crippen LogP contribution is 2.58. The van der Waals surface area contributed by atoms with Gasteiger partial charge in [-0.25, -0.2) is 0 Å². The second-order valence-corrected chi connectivity index (χ2v) is 9.14. The summed E-state index contributed by atoms with van der Waals surface area (Å²) in [5.41, 5.74) is 2.49. The Morgan fingerprint density at radius 1 is 1.15 bits per heavy atom. The Bertz CT molecular complexity index is 687. The van der Waals surface area contributed by atoms with Gasteiger partial charge in [-0.1, -0.05) is 6.07 Å². The molecule has 5 heteroatoms. The van der Waals surface area contributed by atoms with Crippen molar-refractivity contribution in [1.82, 2.24) is 10.2 Å². The molecular formula is C22H32N4O. The van der Waals surface area contributed by atoms with Gasteiger partial charge in [0.05, 0.1) is 0 Å². The lowest BCUT2D eigenvalue weighted by Crippen LogP contribution is -2.47. The van der Waals surface area contributed by atoms with Gasteiger partial charge >= 0.3 is 0 Å². The van der Waals surface area contributed by atoms with Gasteiger partial charge in [0.2, 0.25) is 5.91 Å². The van der Waals surface area contributed by atoms with Gasteiger partial charge in [0.25, 0.3) is 0 Å². The number of hydrogen-bond donors (Lipinski definition) is 2. The normalized spacial score (nSPS) is 27.6. The molecule has 2 aliphatic carbocycles. The van der Waals surface area contributed by atoms with Crippen molar-refractivity contribution >= 4 is 17.3 Å². The summed E-state index contributed by atoms with van der Waals surface area (Å²) in [6.07, 6.45) is 6.23. The average molecular weight is 369 g/mol. The number of carbonyl (C=O) groups excluding carboxylic acids is 1. The number of piperidine rings is 1. The highest BCUT2D eigenvalue weighted by atomic mass is 16.2. The van der Waals surface area contributed by atoms with E-state index in [4.69, 9.17) is 0 Å². The minimum atomic E-state index is 0.217. The van der Waals surface area contributed by atoms with Crippen molar-refractivity contribution in [3.8, 4) is 0 Å². The van der Waals surface area contributed by atoms with Gasteiger partial charge in [-0.2, -0.15) is 0 Å². The lowest BCUT2D eigenvalue weighted by atomic mass is 9.92. The first-order chi connectivity index (χ1) is 13.2. The molecule has 1 aromatic carbocycles. The fourth-order valence-electron chi connectivity index (χ4n) is 5.06. The number of carbonyl (C=O) groups is 1. The Morgan fingerprint density at radius 3 is 2.67 bits per heavy atom. The smallest absolute Gasteiger partial charge is 0.228 e. The second-order valence-electron chi connectivity index (χ2n) is 9.14. The largest absolute Gasteiger partial charge is 0.369 e. The lowest BCUT2D eigenvalue weighted by molar-refractivity contribution is -0.118. The number of benzene rings is 1. The lowest BCUT2D eigenvalue weighted by Gasteiger charge is -2.36. The van der Waals surface area contributed by atoms with E-state index in [1.165, 1.54) is 25.1 Å². The maximum atomic E-state index is 12.7. The molecular weight excluding hydrogens is 336 g/mol. The summed E-state index contributed by atoms with van der Waals surface area (Å²) in [7, 11) is 0. The zero-order chi connectivity index (χ0) is 18.3. The topological polar surface area (TPSA) is 47.6 Å². The van der Waals surface area contributed by atoms with Crippen LogP contribution in [0.4, 0.5) is 11.4 Å². The number of nitrogens with one attached hydrogen (secondary N) is 2. The molecule has 1 atom stereocenters. The fraction of sp³-hybridized carbons (Fsp3) is 0.682. The molecule has 27 heavy (non-hydrogen) atoms. The molecule has 0 aromatic heterocycles. The van der Waals surface area contributed by atoms with E-state index in [1.54, 1.807) is 0 Å². The van der Waals surface area contributed by atoms with Crippen LogP contribution in [0.1, 0.15) is 32.1 Å². The van der Waals surface area contributed by atoms with Crippen molar-refractivity contribution in [2.24, 2.45) is 17.3 Å². The van der Waals surface area contributed by atoms with Gasteiger partial charge in [-0.15, -0.1) is 0 Å². The number of amides is 1. The molecule has 1 spiro atoms. The highest BCUT2D eigenvalue weighted by molar-refractivity contribution is 5.95. The van der Waals surface area contributed by atoms with Crippen LogP contribution in [0.2, 0.25) is 0 Å². The molecule has 1 unspecified atom stereocenters. The summed E-state index contributed by atoms with van der Waals surface area (Å²) in [6.45, 7) is 7.91. The molecule has 146 valence electrons. The Labute approximate surface area is 162 Å². The van der Waals surface area contributed by atoms with Crippen molar-refractivity contribution in [3.63, 3.8) is 0 Å². The summed E-state index contributed by atoms with van der Waals surface area (Å²) in [4.78, 5) is 17.8. The van der Waals surface area contributed by atoms with Gasteiger partial charge in [0, 0.05) is 50.0 Å². The second kappa shape index (κ2) is 7.10. The van der Waals surface area contributed by atoms with Crippen LogP contribution in [0.3, 0.4) is 0 Å². The zero-order valence-corrected chi connectivity index (χ0v) is 16.3. The van der Waals surface area contributed by atoms with E-state index >= 15 is 0 Å². The molecule has 2 heterocycles. The maximum absolute atomic E-state index is 12.7. The molecule has 0 radical (unpaired) electrons. The Morgan fingerprint density at radius 2 is 1.93 bits per heavy atom. The summed E-state index contributed by atoms with van der Waals surface area (Å²) in [5, 5.41) is 6.61. The van der Waals surface area contributed by atoms with E-state index < -0.39 is 0 Å². The molecule has 5 rings (SSSR count). The third kappa shape index (κ3) is 3.85. The van der Waals surface area contributed by atoms with Crippen molar-refractivity contribution in [1.29, 1.82) is 0 Å². The van der Waals surface area contributed by atoms with E-state index in [2.05, 4.69) is 38.6 Å². The molecule has 4 fully saturated rings. The highest BCUT2D eigenvalue weighted by Gasteiger charge is 2.57. The number of piperazine rings is 1. The van der Waals surface area contributed by atoms with Crippen LogP contribution in [-0.2, 0) is 4.79 Å². The van der Waals surface area contributed by atoms with Crippen molar-refractivity contribution in [2.75, 3.05) is 56.0 Å². The first-order valence-electron chi connectivity index (χ1n) is 10.8. The number of anilines is 2. The Kier molecular flexibility index (Phi) is 4.60. The van der Waals surface area contributed by atoms with E-state index in [0.717, 1.165) is 70.1 Å². The molecule has 2 aliphatic heterocycles. The summed E-state index contributed by atoms with van der Waals surface area (Å²) >= 11 is 0. The minimum Gasteiger partial charge on any atom is -0.369 e. The fourth-order valence-corrected chi connectivity index (χ4v) is 5.06. The van der Waals surface area contributed by atoms with Crippen LogP contribution < -0.4 is 15.5 Å². The molecule has 1 amide bonds. The maximum Gasteiger partial charge on any atom is 0.228 e. The average Bonchev–Trinajstić information content (AvgIpc) is 3.62. The molecule has 2 saturated carbocycles. The first kappa shape index (κ1) is 17.5. The van der Waals surface area contributed by atoms with E-state index in [9.17, 15) is 4.79 Å². The number of nitrogens with zero attached hydrogens (tertiary/aromatic N) is 2. The molecule has 0 bridgehead atoms. The van der Waals surface area contributed by atoms with Crippen LogP contribution >= 0.6 is 0 Å². The SMILES string of the molecule is O=C(Nc1cccc(N2CCN(CC3CC3)CC2)c1)C1CC12CCNCC2. The first-order valence-corrected chi connectivity index (χ1v) is 10.8. The van der Waals surface area contributed by atoms with Gasteiger partial charge in [-0.3, -0.25) is 9.69 Å². The standard InChI is InChI=1S/C22H32N4O/c27-21(20-15-22(20)6-8-23-9-7-22)24-18-2-1-3-19(14-18)26-12-10-25(11-13-26)16-17-4-5-17/h1-3,14,17,20,23H,4-13,15-16H2,(H,24,27). The van der Waals surface area contributed by atoms with Crippen LogP contribution in [0.15, 0.2) is 24.3 Å². The molecule has 5 nitrogen and oxygen atoms in total. The predicted octanol–water partition coefficient (Wildman–Crippen LogP) is 2.55. The zero-order valence-electron chi connectivity index (χ0n) is 16.3. The molecule has 2 saturated heterocycles. The van der Waals surface area contributed by atoms with E-state index in [1.807, 2.05) is 6.07 Å². The summed E-state index contributed by atoms with van der Waals surface area (Å²) in [5.74, 6) is 1.42. The molecule has 1 aromatic rings. The van der Waals surface area contributed by atoms with Crippen LogP contribution in [0, 0.1) is 17.3 Å². The summed E-state index contributed by atoms with van der Waals surface area (Å²) in [6, 6.07) is 8.44. The Balaban J connectivity index is 1.17. The van der Waals surface area contributed by atoms with Crippen LogP contribution in [0.25, 0.3) is 0 Å². The van der Waals surface area contributed by atoms with E-state index in [-0.39, 0.29) is 11.8 Å². The molecule has 4 aliphatic rings. The van der Waals surface area contributed by atoms with E-state index in [0.29, 0.717) is 5.41 Å². The summed E-state index contributed by atoms with van der Waals surface area (Å²) < 4.78 is 0. The molecule has 2 N–H and O–H groups in total. The monoisotopic (exact) mass is 368 g/mol. The number of hydrogen-bond acceptors (Lipinski definition) is 4. The van der Waals surface area contributed by atoms with Gasteiger partial charge in [0.1, 0.15) is 0 Å². The van der Waals surface area contributed by atoms with Crippen LogP contribution in [0.5, 0.6) is 0 Å². The van der Waals surface area contributed by atoms with Gasteiger partial charge in [0.15, 0.2) is 0 Å². The third-order valence-corrected chi connectivity index (χ3v) is 7.17. The number of rotatable bonds is 5. The van der Waals surface area contributed by atoms with Gasteiger partial charge < -0.3 is 15.5 Å². The predicted molar refractivity (Wildman–Crippen MR) is 109 cm³/mol. The third-order valence-electron chi connectivity index (χ3n) is 7.17. The quantitative estimate of drug-likeness (QED) is 0.839. The van der Waals surface area contributed by atoms with Crippen LogP contribution in [-0.4, -0.2) is 56.6 Å². The Hall–Kier alpha value is -1.59. The van der Waals surface area contributed by atoms with Crippen molar-refractivity contribution in [2.45, 2.75) is 32.1 Å². The van der Waals surface area contributed by atoms with Crippen molar-refractivity contribution < 1.29 is 4.79 Å². The van der Waals surface area contributed by atoms with Crippen molar-refractivity contribution in [3.05, 3.63) is 24.3 Å². The minimum absolute atomic E-state index is 0.217. The van der Waals surface area contributed by atoms with Gasteiger partial charge in [-0.05, 0) is 74.7 Å².